The average molecular weight is 309 g/mol. The van der Waals surface area contributed by atoms with Crippen LogP contribution in [0.25, 0.3) is 0 Å². The molecule has 2 heterocycles. The molecule has 1 fully saturated rings. The molecule has 0 unspecified atom stereocenters. The Morgan fingerprint density at radius 3 is 2.57 bits per heavy atom. The summed E-state index contributed by atoms with van der Waals surface area (Å²) >= 11 is 0. The van der Waals surface area contributed by atoms with Crippen molar-refractivity contribution in [2.75, 3.05) is 31.1 Å². The molecule has 1 aliphatic heterocycles. The zero-order valence-electron chi connectivity index (χ0n) is 13.8. The van der Waals surface area contributed by atoms with Crippen LogP contribution >= 0.6 is 0 Å². The van der Waals surface area contributed by atoms with Crippen LogP contribution in [0.15, 0.2) is 42.6 Å². The van der Waals surface area contributed by atoms with Gasteiger partial charge in [-0.25, -0.2) is 4.98 Å². The Bertz CT molecular complexity index is 676. The zero-order valence-corrected chi connectivity index (χ0v) is 13.8. The highest BCUT2D eigenvalue weighted by atomic mass is 16.2. The molecule has 2 aromatic rings. The first kappa shape index (κ1) is 15.5. The van der Waals surface area contributed by atoms with Crippen LogP contribution in [0.2, 0.25) is 0 Å². The van der Waals surface area contributed by atoms with Gasteiger partial charge in [0.25, 0.3) is 0 Å². The van der Waals surface area contributed by atoms with Crippen molar-refractivity contribution in [1.29, 1.82) is 0 Å². The van der Waals surface area contributed by atoms with Crippen LogP contribution in [-0.2, 0) is 11.2 Å². The van der Waals surface area contributed by atoms with Crippen molar-refractivity contribution in [1.82, 2.24) is 9.88 Å². The molecule has 1 aromatic carbocycles. The lowest BCUT2D eigenvalue weighted by Crippen LogP contribution is -2.49. The Morgan fingerprint density at radius 2 is 1.87 bits per heavy atom. The van der Waals surface area contributed by atoms with Crippen molar-refractivity contribution < 1.29 is 4.79 Å². The number of nitrogens with zero attached hydrogens (tertiary/aromatic N) is 3. The van der Waals surface area contributed by atoms with E-state index in [1.165, 1.54) is 11.1 Å². The van der Waals surface area contributed by atoms with Crippen molar-refractivity contribution >= 4 is 11.7 Å². The molecule has 23 heavy (non-hydrogen) atoms. The fourth-order valence-corrected chi connectivity index (χ4v) is 2.99. The van der Waals surface area contributed by atoms with Gasteiger partial charge in [0.05, 0.1) is 6.42 Å². The SMILES string of the molecule is Cc1ccc(C)c(CC(=O)N2CCN(c3ccccn3)CC2)c1. The molecule has 0 spiro atoms. The van der Waals surface area contributed by atoms with E-state index in [9.17, 15) is 4.79 Å². The molecule has 1 aliphatic rings. The Kier molecular flexibility index (Phi) is 4.60. The van der Waals surface area contributed by atoms with Crippen molar-refractivity contribution in [3.8, 4) is 0 Å². The van der Waals surface area contributed by atoms with Gasteiger partial charge in [-0.15, -0.1) is 0 Å². The Balaban J connectivity index is 1.59. The van der Waals surface area contributed by atoms with E-state index in [4.69, 9.17) is 0 Å². The molecule has 1 aromatic heterocycles. The van der Waals surface area contributed by atoms with Crippen molar-refractivity contribution in [3.63, 3.8) is 0 Å². The first-order valence-corrected chi connectivity index (χ1v) is 8.13. The second-order valence-electron chi connectivity index (χ2n) is 6.16. The Hall–Kier alpha value is -2.36. The van der Waals surface area contributed by atoms with Gasteiger partial charge in [0, 0.05) is 32.4 Å². The highest BCUT2D eigenvalue weighted by Crippen LogP contribution is 2.15. The van der Waals surface area contributed by atoms with Crippen LogP contribution in [0, 0.1) is 13.8 Å². The van der Waals surface area contributed by atoms with Crippen LogP contribution in [0.1, 0.15) is 16.7 Å². The number of benzene rings is 1. The molecule has 0 saturated carbocycles. The minimum Gasteiger partial charge on any atom is -0.353 e. The molecule has 0 aliphatic carbocycles. The number of aromatic nitrogens is 1. The van der Waals surface area contributed by atoms with Gasteiger partial charge in [0.2, 0.25) is 5.91 Å². The quantitative estimate of drug-likeness (QED) is 0.874. The summed E-state index contributed by atoms with van der Waals surface area (Å²) in [7, 11) is 0. The van der Waals surface area contributed by atoms with Gasteiger partial charge in [-0.1, -0.05) is 29.8 Å². The standard InChI is InChI=1S/C19H23N3O/c1-15-6-7-16(2)17(13-15)14-19(23)22-11-9-21(10-12-22)18-5-3-4-8-20-18/h3-8,13H,9-12,14H2,1-2H3. The molecule has 4 nitrogen and oxygen atoms in total. The molecular formula is C19H23N3O. The van der Waals surface area contributed by atoms with E-state index in [-0.39, 0.29) is 5.91 Å². The third-order valence-corrected chi connectivity index (χ3v) is 4.45. The van der Waals surface area contributed by atoms with E-state index in [2.05, 4.69) is 41.9 Å². The van der Waals surface area contributed by atoms with Gasteiger partial charge >= 0.3 is 0 Å². The van der Waals surface area contributed by atoms with Gasteiger partial charge < -0.3 is 9.80 Å². The number of pyridine rings is 1. The summed E-state index contributed by atoms with van der Waals surface area (Å²) < 4.78 is 0. The number of rotatable bonds is 3. The largest absolute Gasteiger partial charge is 0.353 e. The summed E-state index contributed by atoms with van der Waals surface area (Å²) in [6.45, 7) is 7.35. The van der Waals surface area contributed by atoms with E-state index >= 15 is 0 Å². The second-order valence-corrected chi connectivity index (χ2v) is 6.16. The van der Waals surface area contributed by atoms with Gasteiger partial charge in [0.1, 0.15) is 5.82 Å². The van der Waals surface area contributed by atoms with Crippen LogP contribution < -0.4 is 4.90 Å². The number of carbonyl (C=O) groups excluding carboxylic acids is 1. The summed E-state index contributed by atoms with van der Waals surface area (Å²) in [6, 6.07) is 12.3. The summed E-state index contributed by atoms with van der Waals surface area (Å²) in [5.41, 5.74) is 3.54. The molecule has 120 valence electrons. The van der Waals surface area contributed by atoms with Gasteiger partial charge in [-0.3, -0.25) is 4.79 Å². The smallest absolute Gasteiger partial charge is 0.227 e. The van der Waals surface area contributed by atoms with E-state index in [0.29, 0.717) is 6.42 Å². The number of hydrogen-bond donors (Lipinski definition) is 0. The first-order chi connectivity index (χ1) is 11.1. The van der Waals surface area contributed by atoms with Crippen LogP contribution in [0.3, 0.4) is 0 Å². The van der Waals surface area contributed by atoms with Crippen LogP contribution in [0.5, 0.6) is 0 Å². The Labute approximate surface area is 137 Å². The van der Waals surface area contributed by atoms with Crippen molar-refractivity contribution in [2.45, 2.75) is 20.3 Å². The highest BCUT2D eigenvalue weighted by Gasteiger charge is 2.22. The Morgan fingerprint density at radius 1 is 1.09 bits per heavy atom. The molecule has 1 amide bonds. The lowest BCUT2D eigenvalue weighted by molar-refractivity contribution is -0.130. The monoisotopic (exact) mass is 309 g/mol. The van der Waals surface area contributed by atoms with Gasteiger partial charge in [-0.05, 0) is 37.1 Å². The number of aryl methyl sites for hydroxylation is 2. The fourth-order valence-electron chi connectivity index (χ4n) is 2.99. The predicted molar refractivity (Wildman–Crippen MR) is 92.7 cm³/mol. The van der Waals surface area contributed by atoms with E-state index < -0.39 is 0 Å². The summed E-state index contributed by atoms with van der Waals surface area (Å²) in [4.78, 5) is 21.2. The molecule has 0 bridgehead atoms. The fraction of sp³-hybridized carbons (Fsp3) is 0.368. The maximum Gasteiger partial charge on any atom is 0.227 e. The zero-order chi connectivity index (χ0) is 16.2. The number of anilines is 1. The molecule has 0 atom stereocenters. The van der Waals surface area contributed by atoms with Crippen molar-refractivity contribution in [2.24, 2.45) is 0 Å². The first-order valence-electron chi connectivity index (χ1n) is 8.13. The third kappa shape index (κ3) is 3.70. The van der Waals surface area contributed by atoms with Crippen LogP contribution in [0.4, 0.5) is 5.82 Å². The van der Waals surface area contributed by atoms with E-state index in [1.807, 2.05) is 29.3 Å². The normalized spacial score (nSPS) is 14.9. The van der Waals surface area contributed by atoms with Crippen molar-refractivity contribution in [3.05, 3.63) is 59.3 Å². The molecule has 0 N–H and O–H groups in total. The number of piperazine rings is 1. The summed E-state index contributed by atoms with van der Waals surface area (Å²) in [6.07, 6.45) is 2.31. The minimum absolute atomic E-state index is 0.222. The molecule has 3 rings (SSSR count). The predicted octanol–water partition coefficient (Wildman–Crippen LogP) is 2.59. The molecular weight excluding hydrogens is 286 g/mol. The lowest BCUT2D eigenvalue weighted by atomic mass is 10.0. The number of amides is 1. The number of carbonyl (C=O) groups is 1. The summed E-state index contributed by atoms with van der Waals surface area (Å²) in [5, 5.41) is 0. The maximum absolute atomic E-state index is 12.6. The third-order valence-electron chi connectivity index (χ3n) is 4.45. The summed E-state index contributed by atoms with van der Waals surface area (Å²) in [5.74, 6) is 1.22. The maximum atomic E-state index is 12.6. The van der Waals surface area contributed by atoms with E-state index in [1.54, 1.807) is 0 Å². The van der Waals surface area contributed by atoms with Gasteiger partial charge in [-0.2, -0.15) is 0 Å². The molecule has 4 heteroatoms. The van der Waals surface area contributed by atoms with E-state index in [0.717, 1.165) is 37.6 Å². The van der Waals surface area contributed by atoms with Crippen LogP contribution in [-0.4, -0.2) is 42.0 Å². The minimum atomic E-state index is 0.222. The topological polar surface area (TPSA) is 36.4 Å². The number of hydrogen-bond acceptors (Lipinski definition) is 3. The highest BCUT2D eigenvalue weighted by molar-refractivity contribution is 5.79. The molecule has 1 saturated heterocycles. The van der Waals surface area contributed by atoms with Gasteiger partial charge in [0.15, 0.2) is 0 Å². The average Bonchev–Trinajstić information content (AvgIpc) is 2.59. The molecule has 0 radical (unpaired) electrons. The lowest BCUT2D eigenvalue weighted by Gasteiger charge is -2.35. The second kappa shape index (κ2) is 6.82.